The smallest absolute Gasteiger partial charge is 0.262 e. The van der Waals surface area contributed by atoms with E-state index in [1.54, 1.807) is 0 Å². The van der Waals surface area contributed by atoms with Crippen molar-refractivity contribution in [1.82, 2.24) is 0 Å². The van der Waals surface area contributed by atoms with Crippen molar-refractivity contribution < 1.29 is 9.53 Å². The number of aryl methyl sites for hydroxylation is 2. The van der Waals surface area contributed by atoms with E-state index >= 15 is 0 Å². The third kappa shape index (κ3) is 5.19. The van der Waals surface area contributed by atoms with Crippen LogP contribution < -0.4 is 10.1 Å². The molecular formula is C20H23NO2S2. The van der Waals surface area contributed by atoms with Crippen molar-refractivity contribution in [3.8, 4) is 5.75 Å². The number of benzene rings is 2. The lowest BCUT2D eigenvalue weighted by atomic mass is 10.1. The molecule has 0 unspecified atom stereocenters. The Balaban J connectivity index is 1.58. The molecular weight excluding hydrogens is 350 g/mol. The number of anilines is 1. The molecule has 1 aliphatic heterocycles. The van der Waals surface area contributed by atoms with E-state index in [9.17, 15) is 4.79 Å². The van der Waals surface area contributed by atoms with Crippen LogP contribution >= 0.6 is 23.5 Å². The van der Waals surface area contributed by atoms with Gasteiger partial charge in [0.05, 0.1) is 4.58 Å². The van der Waals surface area contributed by atoms with Crippen LogP contribution in [0.4, 0.5) is 5.69 Å². The molecule has 2 aromatic carbocycles. The molecule has 1 N–H and O–H groups in total. The summed E-state index contributed by atoms with van der Waals surface area (Å²) < 4.78 is 6.15. The normalized spacial score (nSPS) is 15.0. The fraction of sp³-hybridized carbons (Fsp3) is 0.350. The highest BCUT2D eigenvalue weighted by molar-refractivity contribution is 8.16. The molecule has 3 nitrogen and oxygen atoms in total. The third-order valence-electron chi connectivity index (χ3n) is 3.97. The molecule has 0 saturated carbocycles. The van der Waals surface area contributed by atoms with E-state index in [2.05, 4.69) is 17.4 Å². The van der Waals surface area contributed by atoms with Crippen molar-refractivity contribution in [2.75, 3.05) is 23.4 Å². The minimum atomic E-state index is -0.137. The molecule has 0 aliphatic carbocycles. The minimum Gasteiger partial charge on any atom is -0.483 e. The van der Waals surface area contributed by atoms with Gasteiger partial charge in [-0.1, -0.05) is 24.3 Å². The first-order chi connectivity index (χ1) is 12.1. The van der Waals surface area contributed by atoms with Gasteiger partial charge in [0.25, 0.3) is 5.91 Å². The molecule has 3 rings (SSSR count). The maximum atomic E-state index is 12.2. The van der Waals surface area contributed by atoms with Gasteiger partial charge in [-0.05, 0) is 66.7 Å². The van der Waals surface area contributed by atoms with Gasteiger partial charge in [-0.3, -0.25) is 4.79 Å². The van der Waals surface area contributed by atoms with Gasteiger partial charge >= 0.3 is 0 Å². The zero-order chi connectivity index (χ0) is 17.6. The van der Waals surface area contributed by atoms with Gasteiger partial charge in [0, 0.05) is 5.69 Å². The van der Waals surface area contributed by atoms with Crippen molar-refractivity contribution >= 4 is 35.1 Å². The molecule has 1 fully saturated rings. The zero-order valence-corrected chi connectivity index (χ0v) is 16.2. The molecule has 0 aromatic heterocycles. The highest BCUT2D eigenvalue weighted by atomic mass is 32.2. The summed E-state index contributed by atoms with van der Waals surface area (Å²) in [5, 5.41) is 2.94. The molecule has 25 heavy (non-hydrogen) atoms. The number of rotatable bonds is 5. The lowest BCUT2D eigenvalue weighted by Gasteiger charge is -2.21. The van der Waals surface area contributed by atoms with Crippen molar-refractivity contribution in [3.63, 3.8) is 0 Å². The van der Waals surface area contributed by atoms with Crippen LogP contribution in [0.15, 0.2) is 42.5 Å². The van der Waals surface area contributed by atoms with E-state index in [1.165, 1.54) is 23.5 Å². The predicted octanol–water partition coefficient (Wildman–Crippen LogP) is 5.19. The van der Waals surface area contributed by atoms with Gasteiger partial charge in [0.2, 0.25) is 0 Å². The summed E-state index contributed by atoms with van der Waals surface area (Å²) in [6, 6.07) is 14.1. The molecule has 1 saturated heterocycles. The maximum absolute atomic E-state index is 12.2. The number of carbonyl (C=O) groups excluding carboxylic acids is 1. The summed E-state index contributed by atoms with van der Waals surface area (Å²) >= 11 is 3.96. The Morgan fingerprint density at radius 3 is 2.76 bits per heavy atom. The number of ether oxygens (including phenoxy) is 1. The van der Waals surface area contributed by atoms with Gasteiger partial charge in [-0.2, -0.15) is 0 Å². The predicted molar refractivity (Wildman–Crippen MR) is 109 cm³/mol. The Kier molecular flexibility index (Phi) is 6.32. The fourth-order valence-electron chi connectivity index (χ4n) is 2.65. The minimum absolute atomic E-state index is 0.0153. The summed E-state index contributed by atoms with van der Waals surface area (Å²) in [6.07, 6.45) is 1.28. The second-order valence-electron chi connectivity index (χ2n) is 6.16. The molecule has 1 amide bonds. The first kappa shape index (κ1) is 18.2. The fourth-order valence-corrected chi connectivity index (χ4v) is 5.52. The van der Waals surface area contributed by atoms with Crippen LogP contribution in [0, 0.1) is 13.8 Å². The van der Waals surface area contributed by atoms with Crippen molar-refractivity contribution in [2.24, 2.45) is 0 Å². The molecule has 0 atom stereocenters. The van der Waals surface area contributed by atoms with Crippen LogP contribution in [0.2, 0.25) is 0 Å². The van der Waals surface area contributed by atoms with Crippen LogP contribution in [0.25, 0.3) is 0 Å². The van der Waals surface area contributed by atoms with E-state index < -0.39 is 0 Å². The monoisotopic (exact) mass is 373 g/mol. The van der Waals surface area contributed by atoms with Crippen LogP contribution in [0.5, 0.6) is 5.75 Å². The van der Waals surface area contributed by atoms with E-state index in [0.717, 1.165) is 22.6 Å². The number of hydrogen-bond donors (Lipinski definition) is 1. The van der Waals surface area contributed by atoms with Crippen molar-refractivity contribution in [3.05, 3.63) is 59.2 Å². The molecule has 0 spiro atoms. The molecule has 132 valence electrons. The van der Waals surface area contributed by atoms with Crippen LogP contribution in [-0.2, 0) is 4.79 Å². The lowest BCUT2D eigenvalue weighted by molar-refractivity contribution is -0.118. The Morgan fingerprint density at radius 1 is 1.16 bits per heavy atom. The summed E-state index contributed by atoms with van der Waals surface area (Å²) in [5.41, 5.74) is 4.25. The summed E-state index contributed by atoms with van der Waals surface area (Å²) in [7, 11) is 0. The van der Waals surface area contributed by atoms with Crippen LogP contribution in [0.3, 0.4) is 0 Å². The van der Waals surface area contributed by atoms with E-state index in [-0.39, 0.29) is 12.5 Å². The molecule has 1 aliphatic rings. The van der Waals surface area contributed by atoms with Gasteiger partial charge < -0.3 is 10.1 Å². The van der Waals surface area contributed by atoms with E-state index in [1.807, 2.05) is 67.7 Å². The largest absolute Gasteiger partial charge is 0.483 e. The molecule has 0 bridgehead atoms. The third-order valence-corrected chi connectivity index (χ3v) is 6.99. The standard InChI is InChI=1S/C20H23NO2S2/c1-14-7-8-15(2)18(11-14)23-13-19(22)21-17-6-3-5-16(12-17)20-24-9-4-10-25-20/h3,5-8,11-12,20H,4,9-10,13H2,1-2H3,(H,21,22). The quantitative estimate of drug-likeness (QED) is 0.783. The summed E-state index contributed by atoms with van der Waals surface area (Å²) in [6.45, 7) is 4.01. The Morgan fingerprint density at radius 2 is 1.96 bits per heavy atom. The van der Waals surface area contributed by atoms with Crippen molar-refractivity contribution in [1.29, 1.82) is 0 Å². The summed E-state index contributed by atoms with van der Waals surface area (Å²) in [4.78, 5) is 12.2. The first-order valence-corrected chi connectivity index (χ1v) is 10.5. The lowest BCUT2D eigenvalue weighted by Crippen LogP contribution is -2.20. The summed E-state index contributed by atoms with van der Waals surface area (Å²) in [5.74, 6) is 3.04. The first-order valence-electron chi connectivity index (χ1n) is 8.45. The topological polar surface area (TPSA) is 38.3 Å². The Hall–Kier alpha value is -1.59. The Labute approximate surface area is 157 Å². The average molecular weight is 374 g/mol. The van der Waals surface area contributed by atoms with Gasteiger partial charge in [0.1, 0.15) is 5.75 Å². The molecule has 1 heterocycles. The maximum Gasteiger partial charge on any atom is 0.262 e. The van der Waals surface area contributed by atoms with Crippen LogP contribution in [-0.4, -0.2) is 24.0 Å². The molecule has 2 aromatic rings. The van der Waals surface area contributed by atoms with E-state index in [0.29, 0.717) is 4.58 Å². The second-order valence-corrected chi connectivity index (χ2v) is 8.88. The highest BCUT2D eigenvalue weighted by Gasteiger charge is 2.17. The number of carbonyl (C=O) groups is 1. The van der Waals surface area contributed by atoms with Crippen LogP contribution in [0.1, 0.15) is 27.7 Å². The molecule has 0 radical (unpaired) electrons. The van der Waals surface area contributed by atoms with Crippen molar-refractivity contribution in [2.45, 2.75) is 24.9 Å². The van der Waals surface area contributed by atoms with E-state index in [4.69, 9.17) is 4.74 Å². The SMILES string of the molecule is Cc1ccc(C)c(OCC(=O)Nc2cccc(C3SCCCS3)c2)c1. The Bertz CT molecular complexity index is 742. The number of hydrogen-bond acceptors (Lipinski definition) is 4. The highest BCUT2D eigenvalue weighted by Crippen LogP contribution is 2.44. The number of thioether (sulfide) groups is 2. The number of amides is 1. The van der Waals surface area contributed by atoms with Gasteiger partial charge in [-0.25, -0.2) is 0 Å². The second kappa shape index (κ2) is 8.68. The van der Waals surface area contributed by atoms with Gasteiger partial charge in [0.15, 0.2) is 6.61 Å². The van der Waals surface area contributed by atoms with Gasteiger partial charge in [-0.15, -0.1) is 23.5 Å². The number of nitrogens with one attached hydrogen (secondary N) is 1. The molecule has 5 heteroatoms. The zero-order valence-electron chi connectivity index (χ0n) is 14.6. The average Bonchev–Trinajstić information content (AvgIpc) is 2.63.